The molecule has 0 saturated heterocycles. The van der Waals surface area contributed by atoms with Crippen LogP contribution in [0.15, 0.2) is 70.4 Å². The maximum atomic E-state index is 12.9. The fraction of sp³-hybridized carbons (Fsp3) is 0.136. The summed E-state index contributed by atoms with van der Waals surface area (Å²) in [6.45, 7) is 2.18. The molecule has 2 aromatic carbocycles. The van der Waals surface area contributed by atoms with Crippen LogP contribution in [0.1, 0.15) is 26.4 Å². The molecule has 0 spiro atoms. The van der Waals surface area contributed by atoms with Gasteiger partial charge in [-0.3, -0.25) is 18.6 Å². The zero-order valence-electron chi connectivity index (χ0n) is 16.1. The lowest BCUT2D eigenvalue weighted by Gasteiger charge is -2.07. The first-order valence-corrected chi connectivity index (χ1v) is 10.5. The van der Waals surface area contributed by atoms with E-state index in [4.69, 9.17) is 11.6 Å². The molecule has 1 amide bonds. The molecule has 2 heterocycles. The summed E-state index contributed by atoms with van der Waals surface area (Å²) in [5.41, 5.74) is 1.39. The minimum atomic E-state index is -0.461. The second-order valence-corrected chi connectivity index (χ2v) is 8.33. The number of hydrogen-bond acceptors (Lipinski definition) is 4. The van der Waals surface area contributed by atoms with E-state index in [1.165, 1.54) is 15.2 Å². The van der Waals surface area contributed by atoms with Gasteiger partial charge in [0.15, 0.2) is 0 Å². The smallest absolute Gasteiger partial charge is 0.336 e. The van der Waals surface area contributed by atoms with Gasteiger partial charge in [-0.15, -0.1) is 11.3 Å². The van der Waals surface area contributed by atoms with Gasteiger partial charge in [-0.2, -0.15) is 0 Å². The number of rotatable bonds is 5. The Morgan fingerprint density at radius 1 is 1.03 bits per heavy atom. The summed E-state index contributed by atoms with van der Waals surface area (Å²) in [4.78, 5) is 39.2. The van der Waals surface area contributed by atoms with Gasteiger partial charge in [0.2, 0.25) is 0 Å². The van der Waals surface area contributed by atoms with Crippen molar-refractivity contribution in [1.82, 2.24) is 14.3 Å². The Balaban J connectivity index is 1.65. The van der Waals surface area contributed by atoms with Gasteiger partial charge in [0, 0.05) is 23.3 Å². The summed E-state index contributed by atoms with van der Waals surface area (Å²) < 4.78 is 2.57. The first kappa shape index (κ1) is 20.1. The molecule has 0 atom stereocenters. The maximum absolute atomic E-state index is 12.9. The van der Waals surface area contributed by atoms with Crippen LogP contribution >= 0.6 is 22.9 Å². The summed E-state index contributed by atoms with van der Waals surface area (Å²) in [6, 6.07) is 16.5. The Labute approximate surface area is 181 Å². The molecule has 0 aliphatic carbocycles. The average molecular weight is 440 g/mol. The number of aromatic nitrogens is 2. The van der Waals surface area contributed by atoms with Crippen molar-refractivity contribution in [2.45, 2.75) is 20.0 Å². The molecule has 4 aromatic rings. The highest BCUT2D eigenvalue weighted by Gasteiger charge is 2.17. The third-order valence-corrected chi connectivity index (χ3v) is 6.23. The van der Waals surface area contributed by atoms with Crippen molar-refractivity contribution in [3.05, 3.63) is 108 Å². The number of carbonyl (C=O) groups is 1. The zero-order valence-corrected chi connectivity index (χ0v) is 17.7. The van der Waals surface area contributed by atoms with Crippen molar-refractivity contribution < 1.29 is 4.79 Å². The number of fused-ring (bicyclic) bond motifs is 1. The van der Waals surface area contributed by atoms with Crippen LogP contribution in [0.2, 0.25) is 5.02 Å². The van der Waals surface area contributed by atoms with Crippen LogP contribution in [0.5, 0.6) is 0 Å². The lowest BCUT2D eigenvalue weighted by Crippen LogP contribution is -2.38. The van der Waals surface area contributed by atoms with Crippen molar-refractivity contribution in [1.29, 1.82) is 0 Å². The minimum Gasteiger partial charge on any atom is -0.347 e. The molecule has 6 nitrogen and oxygen atoms in total. The number of amides is 1. The van der Waals surface area contributed by atoms with Gasteiger partial charge in [0.05, 0.1) is 6.54 Å². The number of nitrogens with zero attached hydrogens (tertiary/aromatic N) is 2. The zero-order chi connectivity index (χ0) is 21.3. The molecule has 4 rings (SSSR count). The van der Waals surface area contributed by atoms with E-state index in [1.807, 2.05) is 42.5 Å². The van der Waals surface area contributed by atoms with Gasteiger partial charge >= 0.3 is 5.69 Å². The highest BCUT2D eigenvalue weighted by molar-refractivity contribution is 7.19. The predicted octanol–water partition coefficient (Wildman–Crippen LogP) is 3.46. The summed E-state index contributed by atoms with van der Waals surface area (Å²) >= 11 is 7.01. The third kappa shape index (κ3) is 3.94. The number of nitrogens with one attached hydrogen (secondary N) is 1. The minimum absolute atomic E-state index is 0.177. The maximum Gasteiger partial charge on any atom is 0.336 e. The number of hydrogen-bond donors (Lipinski definition) is 1. The Morgan fingerprint density at radius 3 is 2.43 bits per heavy atom. The van der Waals surface area contributed by atoms with E-state index in [0.29, 0.717) is 26.8 Å². The summed E-state index contributed by atoms with van der Waals surface area (Å²) in [5.74, 6) is -0.306. The van der Waals surface area contributed by atoms with Crippen LogP contribution in [0, 0.1) is 6.92 Å². The number of thiazole rings is 1. The van der Waals surface area contributed by atoms with Crippen LogP contribution in [0.4, 0.5) is 0 Å². The predicted molar refractivity (Wildman–Crippen MR) is 119 cm³/mol. The largest absolute Gasteiger partial charge is 0.347 e. The molecule has 0 saturated carbocycles. The highest BCUT2D eigenvalue weighted by atomic mass is 35.5. The fourth-order valence-corrected chi connectivity index (χ4v) is 4.27. The van der Waals surface area contributed by atoms with E-state index in [1.54, 1.807) is 19.1 Å². The molecule has 0 unspecified atom stereocenters. The molecule has 0 aliphatic rings. The Morgan fingerprint density at radius 2 is 1.73 bits per heavy atom. The van der Waals surface area contributed by atoms with Gasteiger partial charge in [-0.25, -0.2) is 4.79 Å². The molecule has 1 N–H and O–H groups in total. The van der Waals surface area contributed by atoms with E-state index in [0.717, 1.165) is 22.5 Å². The summed E-state index contributed by atoms with van der Waals surface area (Å²) in [7, 11) is 0. The number of carbonyl (C=O) groups excluding carboxylic acids is 1. The van der Waals surface area contributed by atoms with Crippen molar-refractivity contribution in [2.75, 3.05) is 0 Å². The lowest BCUT2D eigenvalue weighted by atomic mass is 10.2. The second-order valence-electron chi connectivity index (χ2n) is 6.86. The molecule has 0 fully saturated rings. The van der Waals surface area contributed by atoms with E-state index in [2.05, 4.69) is 5.32 Å². The fourth-order valence-electron chi connectivity index (χ4n) is 3.15. The summed E-state index contributed by atoms with van der Waals surface area (Å²) in [5, 5.41) is 3.46. The SMILES string of the molecule is Cc1c(=O)n(Cc2ccccc2)c(=O)n2cc(C(=O)NCc3ccc(Cl)cc3)sc12. The van der Waals surface area contributed by atoms with Crippen LogP contribution < -0.4 is 16.6 Å². The standard InChI is InChI=1S/C22H18ClN3O3S/c1-14-20(28)25(12-16-5-3-2-4-6-16)22(29)26-13-18(30-21(14)26)19(27)24-11-15-7-9-17(23)10-8-15/h2-10,13H,11-12H2,1H3,(H,24,27). The Hall–Kier alpha value is -3.16. The normalized spacial score (nSPS) is 11.0. The molecule has 152 valence electrons. The molecule has 0 bridgehead atoms. The first-order chi connectivity index (χ1) is 14.4. The van der Waals surface area contributed by atoms with Crippen LogP contribution in [0.3, 0.4) is 0 Å². The molecule has 2 aromatic heterocycles. The van der Waals surface area contributed by atoms with Gasteiger partial charge in [0.1, 0.15) is 9.71 Å². The monoisotopic (exact) mass is 439 g/mol. The van der Waals surface area contributed by atoms with Gasteiger partial charge in [-0.1, -0.05) is 54.1 Å². The average Bonchev–Trinajstić information content (AvgIpc) is 3.21. The van der Waals surface area contributed by atoms with E-state index in [9.17, 15) is 14.4 Å². The first-order valence-electron chi connectivity index (χ1n) is 9.26. The van der Waals surface area contributed by atoms with Crippen LogP contribution in [-0.2, 0) is 13.1 Å². The van der Waals surface area contributed by atoms with E-state index in [-0.39, 0.29) is 18.0 Å². The van der Waals surface area contributed by atoms with Gasteiger partial charge in [-0.05, 0) is 30.2 Å². The van der Waals surface area contributed by atoms with Crippen molar-refractivity contribution in [3.63, 3.8) is 0 Å². The number of halogens is 1. The highest BCUT2D eigenvalue weighted by Crippen LogP contribution is 2.18. The van der Waals surface area contributed by atoms with Gasteiger partial charge in [0.25, 0.3) is 11.5 Å². The van der Waals surface area contributed by atoms with Gasteiger partial charge < -0.3 is 5.32 Å². The lowest BCUT2D eigenvalue weighted by molar-refractivity contribution is 0.0954. The Kier molecular flexibility index (Phi) is 5.57. The molecule has 0 radical (unpaired) electrons. The molecule has 0 aliphatic heterocycles. The quantitative estimate of drug-likeness (QED) is 0.517. The van der Waals surface area contributed by atoms with Crippen LogP contribution in [0.25, 0.3) is 4.83 Å². The number of aryl methyl sites for hydroxylation is 1. The molecule has 8 heteroatoms. The third-order valence-electron chi connectivity index (χ3n) is 4.77. The van der Waals surface area contributed by atoms with Crippen LogP contribution in [-0.4, -0.2) is 14.9 Å². The second kappa shape index (κ2) is 8.30. The van der Waals surface area contributed by atoms with Crippen molar-refractivity contribution >= 4 is 33.7 Å². The molecule has 30 heavy (non-hydrogen) atoms. The van der Waals surface area contributed by atoms with E-state index >= 15 is 0 Å². The topological polar surface area (TPSA) is 72.6 Å². The van der Waals surface area contributed by atoms with E-state index < -0.39 is 5.69 Å². The summed E-state index contributed by atoms with van der Waals surface area (Å²) in [6.07, 6.45) is 1.49. The van der Waals surface area contributed by atoms with Crippen molar-refractivity contribution in [2.24, 2.45) is 0 Å². The molecular formula is C22H18ClN3O3S. The van der Waals surface area contributed by atoms with Crippen molar-refractivity contribution in [3.8, 4) is 0 Å². The molecular weight excluding hydrogens is 422 g/mol. The Bertz CT molecular complexity index is 1340. The number of benzene rings is 2.